The molecule has 0 fully saturated rings. The SMILES string of the molecule is CC(=O)N(CCNC(=O)c1cccc(F)c1)c1ccc(Cl)cc1C. The van der Waals surface area contributed by atoms with Gasteiger partial charge in [0, 0.05) is 36.3 Å². The molecule has 2 rings (SSSR count). The van der Waals surface area contributed by atoms with E-state index in [0.29, 0.717) is 11.6 Å². The summed E-state index contributed by atoms with van der Waals surface area (Å²) in [6.45, 7) is 3.88. The van der Waals surface area contributed by atoms with Gasteiger partial charge in [0.1, 0.15) is 5.82 Å². The third-order valence-electron chi connectivity index (χ3n) is 3.54. The van der Waals surface area contributed by atoms with Crippen molar-refractivity contribution in [2.45, 2.75) is 13.8 Å². The minimum Gasteiger partial charge on any atom is -0.350 e. The molecule has 0 aromatic heterocycles. The summed E-state index contributed by atoms with van der Waals surface area (Å²) in [5.74, 6) is -0.990. The van der Waals surface area contributed by atoms with Gasteiger partial charge in [-0.3, -0.25) is 9.59 Å². The van der Waals surface area contributed by atoms with Crippen LogP contribution in [0.4, 0.5) is 10.1 Å². The van der Waals surface area contributed by atoms with E-state index in [2.05, 4.69) is 5.32 Å². The minimum absolute atomic E-state index is 0.138. The lowest BCUT2D eigenvalue weighted by molar-refractivity contribution is -0.116. The van der Waals surface area contributed by atoms with Crippen molar-refractivity contribution in [2.75, 3.05) is 18.0 Å². The second-order valence-corrected chi connectivity index (χ2v) is 5.80. The summed E-state index contributed by atoms with van der Waals surface area (Å²) in [7, 11) is 0. The molecule has 2 aromatic rings. The van der Waals surface area contributed by atoms with E-state index >= 15 is 0 Å². The Morgan fingerprint density at radius 3 is 2.58 bits per heavy atom. The van der Waals surface area contributed by atoms with Gasteiger partial charge in [-0.15, -0.1) is 0 Å². The highest BCUT2D eigenvalue weighted by Gasteiger charge is 2.14. The van der Waals surface area contributed by atoms with Gasteiger partial charge in [0.2, 0.25) is 5.91 Å². The molecule has 0 saturated heterocycles. The normalized spacial score (nSPS) is 10.3. The lowest BCUT2D eigenvalue weighted by atomic mass is 10.1. The molecule has 0 spiro atoms. The topological polar surface area (TPSA) is 49.4 Å². The zero-order chi connectivity index (χ0) is 17.7. The smallest absolute Gasteiger partial charge is 0.251 e. The molecule has 0 bridgehead atoms. The molecule has 0 atom stereocenters. The van der Waals surface area contributed by atoms with Crippen LogP contribution in [0.3, 0.4) is 0 Å². The molecule has 1 N–H and O–H groups in total. The average Bonchev–Trinajstić information content (AvgIpc) is 2.52. The van der Waals surface area contributed by atoms with Crippen LogP contribution in [0.25, 0.3) is 0 Å². The number of rotatable bonds is 5. The van der Waals surface area contributed by atoms with E-state index in [4.69, 9.17) is 11.6 Å². The molecule has 24 heavy (non-hydrogen) atoms. The van der Waals surface area contributed by atoms with Crippen LogP contribution >= 0.6 is 11.6 Å². The van der Waals surface area contributed by atoms with E-state index in [1.165, 1.54) is 31.2 Å². The van der Waals surface area contributed by atoms with Gasteiger partial charge in [-0.25, -0.2) is 4.39 Å². The molecule has 0 heterocycles. The van der Waals surface area contributed by atoms with Crippen molar-refractivity contribution in [3.8, 4) is 0 Å². The van der Waals surface area contributed by atoms with Gasteiger partial charge in [-0.2, -0.15) is 0 Å². The first-order valence-corrected chi connectivity index (χ1v) is 7.84. The standard InChI is InChI=1S/C18H18ClFN2O2/c1-12-10-15(19)6-7-17(12)22(13(2)23)9-8-21-18(24)14-4-3-5-16(20)11-14/h3-7,10-11H,8-9H2,1-2H3,(H,21,24). The Bertz CT molecular complexity index is 764. The fourth-order valence-electron chi connectivity index (χ4n) is 2.38. The average molecular weight is 349 g/mol. The fraction of sp³-hybridized carbons (Fsp3) is 0.222. The quantitative estimate of drug-likeness (QED) is 0.898. The van der Waals surface area contributed by atoms with Crippen LogP contribution in [0.15, 0.2) is 42.5 Å². The van der Waals surface area contributed by atoms with Crippen molar-refractivity contribution in [2.24, 2.45) is 0 Å². The van der Waals surface area contributed by atoms with Crippen LogP contribution < -0.4 is 10.2 Å². The Kier molecular flexibility index (Phi) is 5.93. The highest BCUT2D eigenvalue weighted by Crippen LogP contribution is 2.23. The molecule has 126 valence electrons. The van der Waals surface area contributed by atoms with Crippen molar-refractivity contribution < 1.29 is 14.0 Å². The zero-order valence-corrected chi connectivity index (χ0v) is 14.2. The lowest BCUT2D eigenvalue weighted by Crippen LogP contribution is -2.38. The molecular formula is C18H18ClFN2O2. The molecule has 6 heteroatoms. The molecule has 2 aromatic carbocycles. The maximum atomic E-state index is 13.1. The molecule has 2 amide bonds. The van der Waals surface area contributed by atoms with Crippen molar-refractivity contribution in [1.29, 1.82) is 0 Å². The third-order valence-corrected chi connectivity index (χ3v) is 3.77. The molecular weight excluding hydrogens is 331 g/mol. The largest absolute Gasteiger partial charge is 0.350 e. The lowest BCUT2D eigenvalue weighted by Gasteiger charge is -2.23. The molecule has 0 radical (unpaired) electrons. The number of nitrogens with one attached hydrogen (secondary N) is 1. The van der Waals surface area contributed by atoms with Gasteiger partial charge >= 0.3 is 0 Å². The number of benzene rings is 2. The maximum absolute atomic E-state index is 13.1. The summed E-state index contributed by atoms with van der Waals surface area (Å²) in [4.78, 5) is 25.5. The van der Waals surface area contributed by atoms with Gasteiger partial charge in [0.05, 0.1) is 0 Å². The predicted octanol–water partition coefficient (Wildman–Crippen LogP) is 3.57. The first-order valence-electron chi connectivity index (χ1n) is 7.46. The summed E-state index contributed by atoms with van der Waals surface area (Å²) in [5.41, 5.74) is 1.85. The minimum atomic E-state index is -0.468. The number of nitrogens with zero attached hydrogens (tertiary/aromatic N) is 1. The number of carbonyl (C=O) groups is 2. The Morgan fingerprint density at radius 2 is 1.96 bits per heavy atom. The molecule has 0 saturated carbocycles. The van der Waals surface area contributed by atoms with Crippen LogP contribution in [-0.4, -0.2) is 24.9 Å². The zero-order valence-electron chi connectivity index (χ0n) is 13.5. The number of anilines is 1. The first kappa shape index (κ1) is 17.9. The van der Waals surface area contributed by atoms with Gasteiger partial charge < -0.3 is 10.2 Å². The van der Waals surface area contributed by atoms with Crippen molar-refractivity contribution >= 4 is 29.1 Å². The Hall–Kier alpha value is -2.40. The van der Waals surface area contributed by atoms with Crippen molar-refractivity contribution in [1.82, 2.24) is 5.32 Å². The van der Waals surface area contributed by atoms with Crippen LogP contribution in [0.5, 0.6) is 0 Å². The predicted molar refractivity (Wildman–Crippen MR) is 92.9 cm³/mol. The van der Waals surface area contributed by atoms with Crippen LogP contribution in [0.1, 0.15) is 22.8 Å². The Labute approximate surface area is 145 Å². The summed E-state index contributed by atoms with van der Waals surface area (Å²) >= 11 is 5.94. The number of carbonyl (C=O) groups excluding carboxylic acids is 2. The van der Waals surface area contributed by atoms with Crippen LogP contribution in [0, 0.1) is 12.7 Å². The van der Waals surface area contributed by atoms with E-state index < -0.39 is 5.82 Å². The Balaban J connectivity index is 2.02. The van der Waals surface area contributed by atoms with E-state index in [-0.39, 0.29) is 23.9 Å². The van der Waals surface area contributed by atoms with Crippen molar-refractivity contribution in [3.63, 3.8) is 0 Å². The third kappa shape index (κ3) is 4.55. The molecule has 0 unspecified atom stereocenters. The van der Waals surface area contributed by atoms with Gasteiger partial charge in [-0.1, -0.05) is 17.7 Å². The van der Waals surface area contributed by atoms with Gasteiger partial charge in [-0.05, 0) is 48.9 Å². The Morgan fingerprint density at radius 1 is 1.21 bits per heavy atom. The van der Waals surface area contributed by atoms with Gasteiger partial charge in [0.25, 0.3) is 5.91 Å². The number of amides is 2. The first-order chi connectivity index (χ1) is 11.4. The monoisotopic (exact) mass is 348 g/mol. The highest BCUT2D eigenvalue weighted by molar-refractivity contribution is 6.30. The van der Waals surface area contributed by atoms with Crippen LogP contribution in [0.2, 0.25) is 5.02 Å². The van der Waals surface area contributed by atoms with E-state index in [9.17, 15) is 14.0 Å². The second kappa shape index (κ2) is 7.93. The molecule has 0 aliphatic rings. The molecule has 4 nitrogen and oxygen atoms in total. The van der Waals surface area contributed by atoms with Gasteiger partial charge in [0.15, 0.2) is 0 Å². The summed E-state index contributed by atoms with van der Waals surface area (Å²) in [6.07, 6.45) is 0. The second-order valence-electron chi connectivity index (χ2n) is 5.37. The summed E-state index contributed by atoms with van der Waals surface area (Å²) in [5, 5.41) is 3.28. The molecule has 0 aliphatic carbocycles. The summed E-state index contributed by atoms with van der Waals surface area (Å²) in [6, 6.07) is 10.7. The summed E-state index contributed by atoms with van der Waals surface area (Å²) < 4.78 is 13.1. The number of hydrogen-bond donors (Lipinski definition) is 1. The molecule has 0 aliphatic heterocycles. The number of halogens is 2. The number of hydrogen-bond acceptors (Lipinski definition) is 2. The van der Waals surface area contributed by atoms with Crippen molar-refractivity contribution in [3.05, 3.63) is 64.4 Å². The highest BCUT2D eigenvalue weighted by atomic mass is 35.5. The fourth-order valence-corrected chi connectivity index (χ4v) is 2.61. The van der Waals surface area contributed by atoms with E-state index in [0.717, 1.165) is 11.3 Å². The number of aryl methyl sites for hydroxylation is 1. The van der Waals surface area contributed by atoms with Crippen LogP contribution in [-0.2, 0) is 4.79 Å². The van der Waals surface area contributed by atoms with E-state index in [1.54, 1.807) is 23.1 Å². The maximum Gasteiger partial charge on any atom is 0.251 e. The van der Waals surface area contributed by atoms with E-state index in [1.807, 2.05) is 6.92 Å².